The Morgan fingerprint density at radius 3 is 1.80 bits per heavy atom. The number of nitriles is 1. The molecular formula is C8H10BrN. The van der Waals surface area contributed by atoms with Crippen LogP contribution in [-0.2, 0) is 0 Å². The molecule has 0 saturated heterocycles. The van der Waals surface area contributed by atoms with Gasteiger partial charge in [-0.3, -0.25) is 0 Å². The van der Waals surface area contributed by atoms with Gasteiger partial charge < -0.3 is 0 Å². The topological polar surface area (TPSA) is 23.8 Å². The Balaban J connectivity index is 2.12. The van der Waals surface area contributed by atoms with Gasteiger partial charge in [-0.1, -0.05) is 15.9 Å². The monoisotopic (exact) mass is 199 g/mol. The Labute approximate surface area is 69.5 Å². The van der Waals surface area contributed by atoms with Crippen molar-refractivity contribution in [1.82, 2.24) is 0 Å². The Morgan fingerprint density at radius 1 is 1.20 bits per heavy atom. The smallest absolute Gasteiger partial charge is 0.118 e. The van der Waals surface area contributed by atoms with E-state index in [4.69, 9.17) is 5.26 Å². The van der Waals surface area contributed by atoms with E-state index in [-0.39, 0.29) is 4.32 Å². The van der Waals surface area contributed by atoms with Gasteiger partial charge in [-0.25, -0.2) is 0 Å². The van der Waals surface area contributed by atoms with Crippen LogP contribution >= 0.6 is 15.9 Å². The van der Waals surface area contributed by atoms with Crippen LogP contribution in [0.4, 0.5) is 0 Å². The first kappa shape index (κ1) is 6.67. The van der Waals surface area contributed by atoms with Gasteiger partial charge in [-0.15, -0.1) is 0 Å². The number of rotatable bonds is 2. The number of halogens is 1. The van der Waals surface area contributed by atoms with Crippen LogP contribution < -0.4 is 0 Å². The summed E-state index contributed by atoms with van der Waals surface area (Å²) in [5, 5.41) is 8.91. The molecule has 0 aliphatic heterocycles. The average Bonchev–Trinajstić information content (AvgIpc) is 2.73. The molecule has 0 unspecified atom stereocenters. The van der Waals surface area contributed by atoms with Crippen molar-refractivity contribution in [2.75, 3.05) is 0 Å². The molecule has 2 aliphatic rings. The first-order valence-corrected chi connectivity index (χ1v) is 4.67. The second kappa shape index (κ2) is 1.98. The standard InChI is InChI=1S/C8H10BrN/c9-8(5-10,6-1-2-6)7-3-4-7/h6-7H,1-4H2. The molecule has 0 atom stereocenters. The molecule has 0 aromatic rings. The maximum absolute atomic E-state index is 8.91. The molecule has 2 fully saturated rings. The molecule has 0 amide bonds. The largest absolute Gasteiger partial charge is 0.197 e. The van der Waals surface area contributed by atoms with Crippen LogP contribution in [0.25, 0.3) is 0 Å². The lowest BCUT2D eigenvalue weighted by molar-refractivity contribution is 0.577. The van der Waals surface area contributed by atoms with Crippen LogP contribution in [0.3, 0.4) is 0 Å². The van der Waals surface area contributed by atoms with E-state index in [2.05, 4.69) is 22.0 Å². The minimum atomic E-state index is -0.118. The van der Waals surface area contributed by atoms with Crippen molar-refractivity contribution in [2.45, 2.75) is 30.0 Å². The Kier molecular flexibility index (Phi) is 1.32. The Morgan fingerprint density at radius 2 is 1.60 bits per heavy atom. The van der Waals surface area contributed by atoms with Crippen LogP contribution in [0.2, 0.25) is 0 Å². The fraction of sp³-hybridized carbons (Fsp3) is 0.875. The lowest BCUT2D eigenvalue weighted by atomic mass is 10.00. The molecule has 0 aromatic heterocycles. The number of hydrogen-bond acceptors (Lipinski definition) is 1. The van der Waals surface area contributed by atoms with Gasteiger partial charge in [-0.05, 0) is 37.5 Å². The van der Waals surface area contributed by atoms with Gasteiger partial charge in [0.25, 0.3) is 0 Å². The lowest BCUT2D eigenvalue weighted by Gasteiger charge is -2.16. The third kappa shape index (κ3) is 0.880. The highest BCUT2D eigenvalue weighted by Crippen LogP contribution is 2.56. The van der Waals surface area contributed by atoms with Crippen LogP contribution in [0, 0.1) is 23.2 Å². The second-order valence-corrected chi connectivity index (χ2v) is 4.74. The summed E-state index contributed by atoms with van der Waals surface area (Å²) in [6, 6.07) is 2.42. The van der Waals surface area contributed by atoms with Crippen molar-refractivity contribution in [3.8, 4) is 6.07 Å². The first-order chi connectivity index (χ1) is 4.77. The molecule has 2 aliphatic carbocycles. The first-order valence-electron chi connectivity index (χ1n) is 3.87. The zero-order chi connectivity index (χ0) is 7.19. The third-order valence-corrected chi connectivity index (χ3v) is 3.99. The highest BCUT2D eigenvalue weighted by Gasteiger charge is 2.53. The van der Waals surface area contributed by atoms with Crippen molar-refractivity contribution in [1.29, 1.82) is 5.26 Å². The summed E-state index contributed by atoms with van der Waals surface area (Å²) in [6.07, 6.45) is 5.04. The summed E-state index contributed by atoms with van der Waals surface area (Å²) in [6.45, 7) is 0. The van der Waals surface area contributed by atoms with E-state index < -0.39 is 0 Å². The van der Waals surface area contributed by atoms with Gasteiger partial charge in [0, 0.05) is 0 Å². The minimum absolute atomic E-state index is 0.118. The zero-order valence-corrected chi connectivity index (χ0v) is 7.39. The lowest BCUT2D eigenvalue weighted by Crippen LogP contribution is -2.23. The molecule has 0 aromatic carbocycles. The van der Waals surface area contributed by atoms with Gasteiger partial charge in [0.1, 0.15) is 4.32 Å². The van der Waals surface area contributed by atoms with E-state index >= 15 is 0 Å². The van der Waals surface area contributed by atoms with Gasteiger partial charge >= 0.3 is 0 Å². The molecule has 0 heterocycles. The van der Waals surface area contributed by atoms with Crippen LogP contribution in [0.15, 0.2) is 0 Å². The molecular weight excluding hydrogens is 190 g/mol. The van der Waals surface area contributed by atoms with Gasteiger partial charge in [0.15, 0.2) is 0 Å². The Bertz CT molecular complexity index is 174. The maximum Gasteiger partial charge on any atom is 0.118 e. The minimum Gasteiger partial charge on any atom is -0.197 e. The molecule has 2 saturated carbocycles. The SMILES string of the molecule is N#CC(Br)(C1CC1)C1CC1. The predicted octanol–water partition coefficient (Wildman–Crippen LogP) is 2.46. The summed E-state index contributed by atoms with van der Waals surface area (Å²) in [4.78, 5) is 0. The number of hydrogen-bond donors (Lipinski definition) is 0. The Hall–Kier alpha value is -0.0300. The summed E-state index contributed by atoms with van der Waals surface area (Å²) in [5.41, 5.74) is 0. The quantitative estimate of drug-likeness (QED) is 0.628. The van der Waals surface area contributed by atoms with Crippen molar-refractivity contribution >= 4 is 15.9 Å². The van der Waals surface area contributed by atoms with E-state index in [0.29, 0.717) is 11.8 Å². The van der Waals surface area contributed by atoms with E-state index in [1.807, 2.05) is 0 Å². The average molecular weight is 200 g/mol. The highest BCUT2D eigenvalue weighted by molar-refractivity contribution is 9.10. The van der Waals surface area contributed by atoms with Gasteiger partial charge in [-0.2, -0.15) is 5.26 Å². The van der Waals surface area contributed by atoms with E-state index in [9.17, 15) is 0 Å². The molecule has 0 spiro atoms. The van der Waals surface area contributed by atoms with Gasteiger partial charge in [0.2, 0.25) is 0 Å². The van der Waals surface area contributed by atoms with Crippen molar-refractivity contribution in [2.24, 2.45) is 11.8 Å². The molecule has 10 heavy (non-hydrogen) atoms. The second-order valence-electron chi connectivity index (χ2n) is 3.43. The number of nitrogens with zero attached hydrogens (tertiary/aromatic N) is 1. The molecule has 2 heteroatoms. The molecule has 2 rings (SSSR count). The normalized spacial score (nSPS) is 26.0. The summed E-state index contributed by atoms with van der Waals surface area (Å²) in [7, 11) is 0. The van der Waals surface area contributed by atoms with Gasteiger partial charge in [0.05, 0.1) is 6.07 Å². The van der Waals surface area contributed by atoms with Crippen molar-refractivity contribution < 1.29 is 0 Å². The summed E-state index contributed by atoms with van der Waals surface area (Å²) in [5.74, 6) is 1.34. The highest BCUT2D eigenvalue weighted by atomic mass is 79.9. The van der Waals surface area contributed by atoms with E-state index in [0.717, 1.165) is 0 Å². The molecule has 1 nitrogen and oxygen atoms in total. The molecule has 0 radical (unpaired) electrons. The predicted molar refractivity (Wildman–Crippen MR) is 42.7 cm³/mol. The van der Waals surface area contributed by atoms with Crippen molar-refractivity contribution in [3.05, 3.63) is 0 Å². The fourth-order valence-corrected chi connectivity index (χ4v) is 2.44. The summed E-state index contributed by atoms with van der Waals surface area (Å²) >= 11 is 3.58. The summed E-state index contributed by atoms with van der Waals surface area (Å²) < 4.78 is -0.118. The van der Waals surface area contributed by atoms with E-state index in [1.54, 1.807) is 0 Å². The van der Waals surface area contributed by atoms with Crippen LogP contribution in [0.5, 0.6) is 0 Å². The van der Waals surface area contributed by atoms with Crippen molar-refractivity contribution in [3.63, 3.8) is 0 Å². The molecule has 0 bridgehead atoms. The number of alkyl halides is 1. The fourth-order valence-electron chi connectivity index (χ4n) is 1.52. The van der Waals surface area contributed by atoms with Crippen LogP contribution in [-0.4, -0.2) is 4.32 Å². The van der Waals surface area contributed by atoms with E-state index in [1.165, 1.54) is 25.7 Å². The molecule has 0 N–H and O–H groups in total. The maximum atomic E-state index is 8.91. The molecule has 54 valence electrons. The zero-order valence-electron chi connectivity index (χ0n) is 5.81. The third-order valence-electron chi connectivity index (χ3n) is 2.51. The van der Waals surface area contributed by atoms with Crippen LogP contribution in [0.1, 0.15) is 25.7 Å².